The van der Waals surface area contributed by atoms with Crippen LogP contribution in [-0.2, 0) is 9.59 Å². The Morgan fingerprint density at radius 1 is 1.11 bits per heavy atom. The summed E-state index contributed by atoms with van der Waals surface area (Å²) < 4.78 is 0. The van der Waals surface area contributed by atoms with E-state index >= 15 is 0 Å². The Morgan fingerprint density at radius 2 is 1.70 bits per heavy atom. The topological polar surface area (TPSA) is 133 Å². The van der Waals surface area contributed by atoms with Gasteiger partial charge in [-0.25, -0.2) is 0 Å². The molecule has 0 aromatic heterocycles. The number of phenols is 2. The van der Waals surface area contributed by atoms with Crippen LogP contribution in [0.5, 0.6) is 11.5 Å². The first-order chi connectivity index (χ1) is 12.8. The minimum atomic E-state index is -0.804. The summed E-state index contributed by atoms with van der Waals surface area (Å²) in [5.74, 6) is -2.49. The van der Waals surface area contributed by atoms with Crippen LogP contribution in [0.4, 0.5) is 5.69 Å². The molecule has 9 nitrogen and oxygen atoms in total. The maximum absolute atomic E-state index is 12.8. The minimum absolute atomic E-state index is 0.0723. The van der Waals surface area contributed by atoms with Crippen LogP contribution in [0.25, 0.3) is 0 Å². The third kappa shape index (κ3) is 1.91. The lowest BCUT2D eigenvalue weighted by Crippen LogP contribution is -2.30. The number of nitro groups is 1. The van der Waals surface area contributed by atoms with Gasteiger partial charge in [-0.05, 0) is 30.1 Å². The molecule has 2 saturated carbocycles. The van der Waals surface area contributed by atoms with Crippen LogP contribution in [0.15, 0.2) is 29.4 Å². The summed E-state index contributed by atoms with van der Waals surface area (Å²) in [6.07, 6.45) is 7.20. The molecule has 1 aromatic carbocycles. The number of hydrogen-bond donors (Lipinski definition) is 2. The lowest BCUT2D eigenvalue weighted by Gasteiger charge is -2.18. The number of imide groups is 1. The monoisotopic (exact) mass is 369 g/mol. The highest BCUT2D eigenvalue weighted by atomic mass is 16.6. The van der Waals surface area contributed by atoms with Crippen LogP contribution in [0.3, 0.4) is 0 Å². The van der Waals surface area contributed by atoms with Crippen molar-refractivity contribution in [3.05, 3.63) is 40.0 Å². The lowest BCUT2D eigenvalue weighted by molar-refractivity contribution is -0.385. The predicted octanol–water partition coefficient (Wildman–Crippen LogP) is 1.54. The first kappa shape index (κ1) is 16.0. The number of nitro benzene ring substituents is 1. The molecule has 4 atom stereocenters. The zero-order valence-corrected chi connectivity index (χ0v) is 14.0. The molecule has 3 fully saturated rings. The molecule has 2 N–H and O–H groups in total. The van der Waals surface area contributed by atoms with E-state index in [2.05, 4.69) is 5.10 Å². The van der Waals surface area contributed by atoms with Gasteiger partial charge in [-0.1, -0.05) is 12.2 Å². The molecule has 1 spiro atoms. The first-order valence-corrected chi connectivity index (χ1v) is 8.65. The second kappa shape index (κ2) is 4.93. The summed E-state index contributed by atoms with van der Waals surface area (Å²) in [7, 11) is 0. The third-order valence-electron chi connectivity index (χ3n) is 6.46. The summed E-state index contributed by atoms with van der Waals surface area (Å²) in [5, 5.41) is 35.0. The number of hydrogen-bond acceptors (Lipinski definition) is 7. The van der Waals surface area contributed by atoms with Crippen molar-refractivity contribution in [1.82, 2.24) is 5.01 Å². The molecule has 27 heavy (non-hydrogen) atoms. The Hall–Kier alpha value is -3.23. The molecule has 2 bridgehead atoms. The second-order valence-electron chi connectivity index (χ2n) is 7.61. The van der Waals surface area contributed by atoms with Crippen LogP contribution < -0.4 is 0 Å². The van der Waals surface area contributed by atoms with E-state index < -0.39 is 33.9 Å². The molecule has 3 aliphatic carbocycles. The van der Waals surface area contributed by atoms with E-state index in [9.17, 15) is 29.9 Å². The summed E-state index contributed by atoms with van der Waals surface area (Å²) in [6, 6.07) is 1.76. The maximum atomic E-state index is 12.8. The smallest absolute Gasteiger partial charge is 0.311 e. The molecule has 1 aromatic rings. The van der Waals surface area contributed by atoms with Gasteiger partial charge in [-0.15, -0.1) is 0 Å². The third-order valence-corrected chi connectivity index (χ3v) is 6.46. The fourth-order valence-corrected chi connectivity index (χ4v) is 5.13. The second-order valence-corrected chi connectivity index (χ2v) is 7.61. The number of nitrogens with zero attached hydrogens (tertiary/aromatic N) is 3. The van der Waals surface area contributed by atoms with Crippen molar-refractivity contribution in [2.24, 2.45) is 34.2 Å². The van der Waals surface area contributed by atoms with Crippen LogP contribution in [-0.4, -0.2) is 38.2 Å². The molecule has 9 heteroatoms. The first-order valence-electron chi connectivity index (χ1n) is 8.65. The lowest BCUT2D eigenvalue weighted by atomic mass is 9.85. The number of rotatable bonds is 3. The quantitative estimate of drug-likeness (QED) is 0.273. The number of benzene rings is 1. The van der Waals surface area contributed by atoms with Crippen molar-refractivity contribution in [3.63, 3.8) is 0 Å². The Bertz CT molecular complexity index is 946. The standard InChI is InChI=1S/C18H15N3O6/c22-12-6-13(23)11(21(26)27)5-8(12)7-19-20-16(24)14-9-1-2-10(15(14)17(20)25)18(9)3-4-18/h1-2,5-7,9-10,14-15,22-23H,3-4H2/b19-7-/t9-,10-,14-,15-/m0/s1. The van der Waals surface area contributed by atoms with E-state index in [1.165, 1.54) is 0 Å². The molecule has 2 amide bonds. The number of aromatic hydroxyl groups is 2. The van der Waals surface area contributed by atoms with Gasteiger partial charge in [0.1, 0.15) is 5.75 Å². The molecular formula is C18H15N3O6. The number of allylic oxidation sites excluding steroid dienone is 2. The summed E-state index contributed by atoms with van der Waals surface area (Å²) in [5.41, 5.74) is -0.591. The summed E-state index contributed by atoms with van der Waals surface area (Å²) in [6.45, 7) is 0. The zero-order valence-electron chi connectivity index (χ0n) is 14.0. The van der Waals surface area contributed by atoms with Crippen molar-refractivity contribution in [3.8, 4) is 11.5 Å². The molecule has 1 heterocycles. The molecule has 1 aliphatic heterocycles. The highest BCUT2D eigenvalue weighted by Gasteiger charge is 2.73. The molecule has 0 radical (unpaired) electrons. The number of phenolic OH excluding ortho intramolecular Hbond substituents is 2. The van der Waals surface area contributed by atoms with Gasteiger partial charge in [0.05, 0.1) is 23.0 Å². The molecular weight excluding hydrogens is 354 g/mol. The van der Waals surface area contributed by atoms with E-state index in [1.54, 1.807) is 0 Å². The molecule has 1 saturated heterocycles. The number of fused-ring (bicyclic) bond motifs is 3. The van der Waals surface area contributed by atoms with E-state index in [1.807, 2.05) is 12.2 Å². The Balaban J connectivity index is 1.45. The van der Waals surface area contributed by atoms with Crippen molar-refractivity contribution in [2.75, 3.05) is 0 Å². The average molecular weight is 369 g/mol. The number of hydrazone groups is 1. The molecule has 138 valence electrons. The van der Waals surface area contributed by atoms with Crippen molar-refractivity contribution < 1.29 is 24.7 Å². The predicted molar refractivity (Wildman–Crippen MR) is 90.6 cm³/mol. The van der Waals surface area contributed by atoms with Crippen LogP contribution in [0.2, 0.25) is 0 Å². The fourth-order valence-electron chi connectivity index (χ4n) is 5.13. The van der Waals surface area contributed by atoms with Gasteiger partial charge in [-0.3, -0.25) is 19.7 Å². The Labute approximate surface area is 152 Å². The normalized spacial score (nSPS) is 32.1. The fraction of sp³-hybridized carbons (Fsp3) is 0.389. The minimum Gasteiger partial charge on any atom is -0.507 e. The van der Waals surface area contributed by atoms with Crippen LogP contribution >= 0.6 is 0 Å². The number of carbonyl (C=O) groups excluding carboxylic acids is 2. The van der Waals surface area contributed by atoms with Crippen molar-refractivity contribution in [2.45, 2.75) is 12.8 Å². The van der Waals surface area contributed by atoms with E-state index in [0.717, 1.165) is 36.2 Å². The SMILES string of the molecule is O=C1[C@@H]2[C@@H](C(=O)N1/N=C\c1cc([N+](=O)[O-])c(O)cc1O)[C@@H]1C=C[C@@H]2C12CC2. The molecule has 5 rings (SSSR count). The van der Waals surface area contributed by atoms with Gasteiger partial charge in [0.15, 0.2) is 5.75 Å². The van der Waals surface area contributed by atoms with E-state index in [4.69, 9.17) is 0 Å². The highest BCUT2D eigenvalue weighted by molar-refractivity contribution is 6.07. The van der Waals surface area contributed by atoms with Crippen molar-refractivity contribution >= 4 is 23.7 Å². The van der Waals surface area contributed by atoms with Crippen LogP contribution in [0.1, 0.15) is 18.4 Å². The molecule has 0 unspecified atom stereocenters. The summed E-state index contributed by atoms with van der Waals surface area (Å²) >= 11 is 0. The zero-order chi connectivity index (χ0) is 19.1. The van der Waals surface area contributed by atoms with Crippen LogP contribution in [0, 0.1) is 39.2 Å². The van der Waals surface area contributed by atoms with Gasteiger partial charge < -0.3 is 10.2 Å². The number of carbonyl (C=O) groups is 2. The Kier molecular flexibility index (Phi) is 2.92. The summed E-state index contributed by atoms with van der Waals surface area (Å²) in [4.78, 5) is 35.7. The van der Waals surface area contributed by atoms with Gasteiger partial charge in [-0.2, -0.15) is 10.1 Å². The van der Waals surface area contributed by atoms with Gasteiger partial charge in [0, 0.05) is 17.7 Å². The van der Waals surface area contributed by atoms with Gasteiger partial charge in [0.25, 0.3) is 11.8 Å². The van der Waals surface area contributed by atoms with Gasteiger partial charge >= 0.3 is 5.69 Å². The van der Waals surface area contributed by atoms with E-state index in [0.29, 0.717) is 0 Å². The van der Waals surface area contributed by atoms with E-state index in [-0.39, 0.29) is 34.6 Å². The molecule has 4 aliphatic rings. The van der Waals surface area contributed by atoms with Crippen molar-refractivity contribution in [1.29, 1.82) is 0 Å². The maximum Gasteiger partial charge on any atom is 0.311 e. The average Bonchev–Trinajstić information content (AvgIpc) is 3.21. The van der Waals surface area contributed by atoms with Gasteiger partial charge in [0.2, 0.25) is 0 Å². The number of amides is 2. The largest absolute Gasteiger partial charge is 0.507 e. The Morgan fingerprint density at radius 3 is 2.22 bits per heavy atom. The highest BCUT2D eigenvalue weighted by Crippen LogP contribution is 2.73.